The maximum atomic E-state index is 13.8. The van der Waals surface area contributed by atoms with Gasteiger partial charge in [-0.3, -0.25) is 9.69 Å². The van der Waals surface area contributed by atoms with Gasteiger partial charge in [0.25, 0.3) is 0 Å². The van der Waals surface area contributed by atoms with Crippen LogP contribution in [0.15, 0.2) is 60.7 Å². The lowest BCUT2D eigenvalue weighted by atomic mass is 9.58. The van der Waals surface area contributed by atoms with Gasteiger partial charge in [-0.1, -0.05) is 74.5 Å². The van der Waals surface area contributed by atoms with Gasteiger partial charge in [0.1, 0.15) is 5.54 Å². The molecule has 2 aromatic rings. The van der Waals surface area contributed by atoms with Crippen LogP contribution >= 0.6 is 0 Å². The zero-order valence-electron chi connectivity index (χ0n) is 18.8. The molecule has 2 N–H and O–H groups in total. The van der Waals surface area contributed by atoms with Crippen LogP contribution in [-0.2, 0) is 17.8 Å². The zero-order chi connectivity index (χ0) is 21.4. The van der Waals surface area contributed by atoms with Gasteiger partial charge in [-0.25, -0.2) is 0 Å². The Morgan fingerprint density at radius 2 is 1.77 bits per heavy atom. The number of nitrogens with one attached hydrogen (secondary N) is 2. The molecular weight excluding hydrogens is 382 g/mol. The summed E-state index contributed by atoms with van der Waals surface area (Å²) in [5.74, 6) is 2.37. The Hall–Kier alpha value is -2.17. The Bertz CT molecular complexity index is 899. The predicted octanol–water partition coefficient (Wildman–Crippen LogP) is 3.48. The zero-order valence-corrected chi connectivity index (χ0v) is 18.8. The van der Waals surface area contributed by atoms with Crippen LogP contribution in [0.4, 0.5) is 0 Å². The lowest BCUT2D eigenvalue weighted by molar-refractivity contribution is -0.138. The molecule has 6 rings (SSSR count). The van der Waals surface area contributed by atoms with Crippen LogP contribution < -0.4 is 10.6 Å². The molecule has 1 aliphatic carbocycles. The van der Waals surface area contributed by atoms with E-state index in [1.54, 1.807) is 0 Å². The summed E-state index contributed by atoms with van der Waals surface area (Å²) in [5.41, 5.74) is 2.09. The van der Waals surface area contributed by atoms with E-state index in [-0.39, 0.29) is 11.9 Å². The van der Waals surface area contributed by atoms with Crippen molar-refractivity contribution in [1.29, 1.82) is 0 Å². The summed E-state index contributed by atoms with van der Waals surface area (Å²) in [7, 11) is 0. The topological polar surface area (TPSA) is 44.4 Å². The summed E-state index contributed by atoms with van der Waals surface area (Å²) >= 11 is 0. The highest BCUT2D eigenvalue weighted by Gasteiger charge is 2.67. The monoisotopic (exact) mass is 417 g/mol. The number of piperidine rings is 2. The summed E-state index contributed by atoms with van der Waals surface area (Å²) in [4.78, 5) is 16.5. The van der Waals surface area contributed by atoms with Crippen LogP contribution in [0.2, 0.25) is 0 Å². The van der Waals surface area contributed by atoms with E-state index >= 15 is 0 Å². The van der Waals surface area contributed by atoms with Gasteiger partial charge in [-0.15, -0.1) is 0 Å². The largest absolute Gasteiger partial charge is 0.350 e. The van der Waals surface area contributed by atoms with Crippen LogP contribution in [0.25, 0.3) is 0 Å². The number of carbonyl (C=O) groups is 1. The fourth-order valence-corrected chi connectivity index (χ4v) is 6.67. The highest BCUT2D eigenvalue weighted by atomic mass is 16.2. The number of benzene rings is 2. The normalized spacial score (nSPS) is 31.8. The summed E-state index contributed by atoms with van der Waals surface area (Å²) in [5, 5.41) is 7.11. The lowest BCUT2D eigenvalue weighted by Gasteiger charge is -2.56. The molecule has 5 unspecified atom stereocenters. The van der Waals surface area contributed by atoms with Gasteiger partial charge in [-0.2, -0.15) is 0 Å². The summed E-state index contributed by atoms with van der Waals surface area (Å²) in [6.45, 7) is 8.24. The maximum Gasteiger partial charge on any atom is 0.242 e. The van der Waals surface area contributed by atoms with E-state index in [0.717, 1.165) is 38.0 Å². The molecule has 3 saturated heterocycles. The van der Waals surface area contributed by atoms with Gasteiger partial charge in [0, 0.05) is 31.6 Å². The molecule has 0 aromatic heterocycles. The van der Waals surface area contributed by atoms with Gasteiger partial charge < -0.3 is 10.6 Å². The van der Waals surface area contributed by atoms with Gasteiger partial charge in [0.2, 0.25) is 5.91 Å². The van der Waals surface area contributed by atoms with Crippen molar-refractivity contribution in [2.75, 3.05) is 19.6 Å². The fourth-order valence-electron chi connectivity index (χ4n) is 6.67. The molecule has 4 aliphatic rings. The minimum atomic E-state index is -0.460. The Morgan fingerprint density at radius 3 is 2.45 bits per heavy atom. The second kappa shape index (κ2) is 8.40. The van der Waals surface area contributed by atoms with Crippen molar-refractivity contribution in [3.63, 3.8) is 0 Å². The third-order valence-corrected chi connectivity index (χ3v) is 7.80. The number of amides is 1. The Balaban J connectivity index is 1.44. The van der Waals surface area contributed by atoms with E-state index in [4.69, 9.17) is 0 Å². The summed E-state index contributed by atoms with van der Waals surface area (Å²) in [6.07, 6.45) is 2.22. The van der Waals surface area contributed by atoms with E-state index in [1.807, 2.05) is 18.2 Å². The molecule has 0 radical (unpaired) electrons. The number of hydrogen-bond acceptors (Lipinski definition) is 3. The number of nitrogens with zero attached hydrogens (tertiary/aromatic N) is 1. The molecule has 164 valence electrons. The number of hydrogen-bond donors (Lipinski definition) is 2. The van der Waals surface area contributed by atoms with E-state index < -0.39 is 5.54 Å². The molecule has 4 bridgehead atoms. The van der Waals surface area contributed by atoms with Crippen molar-refractivity contribution in [3.05, 3.63) is 71.8 Å². The quantitative estimate of drug-likeness (QED) is 0.725. The molecule has 3 heterocycles. The number of rotatable bonds is 7. The van der Waals surface area contributed by atoms with Crippen molar-refractivity contribution >= 4 is 5.91 Å². The molecule has 4 heteroatoms. The molecule has 31 heavy (non-hydrogen) atoms. The molecule has 5 atom stereocenters. The third-order valence-electron chi connectivity index (χ3n) is 7.80. The summed E-state index contributed by atoms with van der Waals surface area (Å²) < 4.78 is 0. The number of likely N-dealkylation sites (tertiary alicyclic amines) is 1. The van der Waals surface area contributed by atoms with E-state index in [9.17, 15) is 4.79 Å². The first-order chi connectivity index (χ1) is 15.1. The minimum Gasteiger partial charge on any atom is -0.350 e. The highest BCUT2D eigenvalue weighted by molar-refractivity contribution is 5.89. The number of carbonyl (C=O) groups excluding carboxylic acids is 1. The average molecular weight is 418 g/mol. The molecule has 1 amide bonds. The number of fused-ring (bicyclic) bond motifs is 1. The predicted molar refractivity (Wildman–Crippen MR) is 124 cm³/mol. The average Bonchev–Trinajstić information content (AvgIpc) is 3.04. The van der Waals surface area contributed by atoms with Crippen LogP contribution in [0.5, 0.6) is 0 Å². The van der Waals surface area contributed by atoms with Gasteiger partial charge in [0.15, 0.2) is 0 Å². The van der Waals surface area contributed by atoms with E-state index in [2.05, 4.69) is 71.8 Å². The summed E-state index contributed by atoms with van der Waals surface area (Å²) in [6, 6.07) is 21.4. The maximum absolute atomic E-state index is 13.8. The fraction of sp³-hybridized carbons (Fsp3) is 0.519. The molecule has 1 saturated carbocycles. The van der Waals surface area contributed by atoms with Crippen molar-refractivity contribution in [1.82, 2.24) is 15.5 Å². The Kier molecular flexibility index (Phi) is 5.61. The first-order valence-electron chi connectivity index (χ1n) is 11.9. The SMILES string of the molecule is CC(C)CN1CC2CC3CNC2(C(=O)NCc2ccccc2)C1C3Cc1ccccc1. The van der Waals surface area contributed by atoms with E-state index in [0.29, 0.717) is 30.2 Å². The van der Waals surface area contributed by atoms with Crippen LogP contribution in [0, 0.1) is 23.7 Å². The van der Waals surface area contributed by atoms with Crippen molar-refractivity contribution in [2.24, 2.45) is 23.7 Å². The first kappa shape index (κ1) is 20.7. The lowest BCUT2D eigenvalue weighted by Crippen LogP contribution is -2.76. The van der Waals surface area contributed by atoms with Gasteiger partial charge in [-0.05, 0) is 48.3 Å². The Labute approximate surface area is 186 Å². The highest BCUT2D eigenvalue weighted by Crippen LogP contribution is 2.53. The van der Waals surface area contributed by atoms with Crippen LogP contribution in [0.1, 0.15) is 31.4 Å². The van der Waals surface area contributed by atoms with Crippen molar-refractivity contribution < 1.29 is 4.79 Å². The van der Waals surface area contributed by atoms with Crippen LogP contribution in [-0.4, -0.2) is 42.0 Å². The molecule has 0 spiro atoms. The standard InChI is InChI=1S/C27H35N3O/c1-19(2)17-30-18-23-14-22-16-29-27(23,26(31)28-15-21-11-7-4-8-12-21)25(30)24(22)13-20-9-5-3-6-10-20/h3-12,19,22-25,29H,13-18H2,1-2H3,(H,28,31). The Morgan fingerprint density at radius 1 is 1.10 bits per heavy atom. The second-order valence-electron chi connectivity index (χ2n) is 10.3. The van der Waals surface area contributed by atoms with Gasteiger partial charge in [0.05, 0.1) is 0 Å². The minimum absolute atomic E-state index is 0.203. The molecule has 4 fully saturated rings. The van der Waals surface area contributed by atoms with E-state index in [1.165, 1.54) is 5.56 Å². The molecule has 3 aliphatic heterocycles. The third kappa shape index (κ3) is 3.70. The smallest absolute Gasteiger partial charge is 0.242 e. The molecular formula is C27H35N3O. The van der Waals surface area contributed by atoms with Gasteiger partial charge >= 0.3 is 0 Å². The van der Waals surface area contributed by atoms with Crippen molar-refractivity contribution in [2.45, 2.75) is 44.8 Å². The molecule has 4 nitrogen and oxygen atoms in total. The second-order valence-corrected chi connectivity index (χ2v) is 10.3. The molecule has 2 aromatic carbocycles. The van der Waals surface area contributed by atoms with Crippen LogP contribution in [0.3, 0.4) is 0 Å². The first-order valence-corrected chi connectivity index (χ1v) is 11.9. The van der Waals surface area contributed by atoms with Crippen molar-refractivity contribution in [3.8, 4) is 0 Å².